The molecule has 6 atom stereocenters. The van der Waals surface area contributed by atoms with Gasteiger partial charge in [-0.15, -0.1) is 0 Å². The molecule has 5 N–H and O–H groups in total. The molecule has 2 aliphatic rings. The molecule has 186 valence electrons. The zero-order valence-corrected chi connectivity index (χ0v) is 19.6. The summed E-state index contributed by atoms with van der Waals surface area (Å²) in [5.41, 5.74) is 0.284. The summed E-state index contributed by atoms with van der Waals surface area (Å²) >= 11 is 0. The molecule has 0 radical (unpaired) electrons. The van der Waals surface area contributed by atoms with Crippen molar-refractivity contribution < 1.29 is 29.3 Å². The van der Waals surface area contributed by atoms with Crippen LogP contribution in [-0.4, -0.2) is 95.8 Å². The van der Waals surface area contributed by atoms with Crippen molar-refractivity contribution in [1.29, 1.82) is 0 Å². The van der Waals surface area contributed by atoms with E-state index in [4.69, 9.17) is 9.47 Å². The number of nitrogens with one attached hydrogen (secondary N) is 3. The van der Waals surface area contributed by atoms with E-state index in [1.54, 1.807) is 27.7 Å². The maximum Gasteiger partial charge on any atom is 0.410 e. The number of aromatic amines is 1. The van der Waals surface area contributed by atoms with E-state index in [0.29, 0.717) is 36.4 Å². The second-order valence-corrected chi connectivity index (χ2v) is 9.58. The van der Waals surface area contributed by atoms with Crippen molar-refractivity contribution in [2.45, 2.75) is 82.8 Å². The molecule has 0 saturated carbocycles. The summed E-state index contributed by atoms with van der Waals surface area (Å²) in [5, 5.41) is 27.2. The number of nitrogens with zero attached hydrogens (tertiary/aromatic N) is 4. The van der Waals surface area contributed by atoms with E-state index in [1.165, 1.54) is 17.6 Å². The predicted molar refractivity (Wildman–Crippen MR) is 120 cm³/mol. The number of imidazole rings is 1. The number of amides is 2. The highest BCUT2D eigenvalue weighted by molar-refractivity contribution is 5.86. The van der Waals surface area contributed by atoms with Crippen molar-refractivity contribution in [3.8, 4) is 0 Å². The van der Waals surface area contributed by atoms with Crippen LogP contribution in [0.3, 0.4) is 0 Å². The number of aromatic nitrogens is 4. The number of carbonyl (C=O) groups is 2. The average molecular weight is 478 g/mol. The molecule has 13 nitrogen and oxygen atoms in total. The molecule has 2 fully saturated rings. The number of carbonyl (C=O) groups excluding carboxylic acids is 2. The second kappa shape index (κ2) is 9.31. The largest absolute Gasteiger partial charge is 0.444 e. The van der Waals surface area contributed by atoms with Crippen molar-refractivity contribution >= 4 is 29.0 Å². The third kappa shape index (κ3) is 4.91. The Labute approximate surface area is 196 Å². The fourth-order valence-corrected chi connectivity index (χ4v) is 4.24. The summed E-state index contributed by atoms with van der Waals surface area (Å²) < 4.78 is 11.3. The molecule has 4 rings (SSSR count). The molecule has 2 aliphatic heterocycles. The van der Waals surface area contributed by atoms with Gasteiger partial charge in [0.15, 0.2) is 17.7 Å². The molecule has 13 heteroatoms. The quantitative estimate of drug-likeness (QED) is 0.406. The minimum absolute atomic E-state index is 0.354. The summed E-state index contributed by atoms with van der Waals surface area (Å²) in [6.07, 6.45) is -0.995. The fourth-order valence-electron chi connectivity index (χ4n) is 4.24. The molecule has 2 amide bonds. The molecule has 2 aromatic heterocycles. The van der Waals surface area contributed by atoms with Crippen LogP contribution in [0.4, 0.5) is 10.6 Å². The summed E-state index contributed by atoms with van der Waals surface area (Å²) in [5.74, 6) is -0.0798. The smallest absolute Gasteiger partial charge is 0.410 e. The van der Waals surface area contributed by atoms with Gasteiger partial charge in [-0.05, 0) is 40.5 Å². The number of rotatable bonds is 4. The van der Waals surface area contributed by atoms with Gasteiger partial charge in [-0.3, -0.25) is 9.69 Å². The molecule has 0 unspecified atom stereocenters. The molecule has 0 spiro atoms. The Bertz CT molecular complexity index is 1040. The molecule has 34 heavy (non-hydrogen) atoms. The number of likely N-dealkylation sites (tertiary alicyclic amines) is 1. The number of ether oxygens (including phenoxy) is 2. The number of hydrogen-bond donors (Lipinski definition) is 5. The lowest BCUT2D eigenvalue weighted by Crippen LogP contribution is -2.65. The molecular weight excluding hydrogens is 446 g/mol. The lowest BCUT2D eigenvalue weighted by atomic mass is 9.95. The van der Waals surface area contributed by atoms with Crippen LogP contribution in [-0.2, 0) is 14.3 Å². The minimum Gasteiger partial charge on any atom is -0.444 e. The Kier molecular flexibility index (Phi) is 6.60. The first kappa shape index (κ1) is 24.1. The predicted octanol–water partition coefficient (Wildman–Crippen LogP) is 0.116. The van der Waals surface area contributed by atoms with Crippen LogP contribution in [0.15, 0.2) is 12.7 Å². The fraction of sp³-hybridized carbons (Fsp3) is 0.667. The topological polar surface area (TPSA) is 175 Å². The van der Waals surface area contributed by atoms with Gasteiger partial charge in [-0.1, -0.05) is 0 Å². The average Bonchev–Trinajstić information content (AvgIpc) is 3.43. The van der Waals surface area contributed by atoms with Crippen molar-refractivity contribution in [3.05, 3.63) is 12.7 Å². The van der Waals surface area contributed by atoms with E-state index >= 15 is 0 Å². The molecule has 4 heterocycles. The van der Waals surface area contributed by atoms with E-state index in [9.17, 15) is 19.8 Å². The highest BCUT2D eigenvalue weighted by Crippen LogP contribution is 2.26. The van der Waals surface area contributed by atoms with Gasteiger partial charge in [0.2, 0.25) is 5.91 Å². The first-order chi connectivity index (χ1) is 16.0. The number of aliphatic hydroxyl groups is 2. The third-order valence-corrected chi connectivity index (χ3v) is 5.89. The van der Waals surface area contributed by atoms with Gasteiger partial charge >= 0.3 is 6.09 Å². The summed E-state index contributed by atoms with van der Waals surface area (Å²) in [7, 11) is 0. The van der Waals surface area contributed by atoms with E-state index in [0.717, 1.165) is 0 Å². The van der Waals surface area contributed by atoms with Crippen LogP contribution in [0.2, 0.25) is 0 Å². The van der Waals surface area contributed by atoms with Gasteiger partial charge in [0.05, 0.1) is 18.5 Å². The number of anilines is 1. The van der Waals surface area contributed by atoms with Gasteiger partial charge < -0.3 is 35.3 Å². The Morgan fingerprint density at radius 3 is 2.74 bits per heavy atom. The van der Waals surface area contributed by atoms with Crippen molar-refractivity contribution in [3.63, 3.8) is 0 Å². The molecule has 0 bridgehead atoms. The summed E-state index contributed by atoms with van der Waals surface area (Å²) in [6.45, 7) is 7.37. The maximum absolute atomic E-state index is 13.0. The zero-order chi connectivity index (χ0) is 24.6. The van der Waals surface area contributed by atoms with Gasteiger partial charge in [-0.2, -0.15) is 0 Å². The molecular formula is C21H31N7O6. The van der Waals surface area contributed by atoms with Crippen LogP contribution < -0.4 is 10.6 Å². The standard InChI is InChI=1S/C21H31N7O6/c1-10-12(26-18(31)11-6-5-7-28(11)20(32)34-21(2,3)4)14(29)15(30)19(33-10)27-17-13-16(23-8-22-13)24-9-25-17/h8-12,14-15,19,29-30H,5-7H2,1-4H3,(H,26,31)(H2,22,23,24,25,27)/t10-,11-,12-,14+,15-,19-/m0/s1. The lowest BCUT2D eigenvalue weighted by Gasteiger charge is -2.42. The van der Waals surface area contributed by atoms with Gasteiger partial charge in [0, 0.05) is 6.54 Å². The Morgan fingerprint density at radius 1 is 1.24 bits per heavy atom. The Hall–Kier alpha value is -3.03. The SMILES string of the molecule is C[C@@H]1O[C@H](Nc2ncnc3nc[nH]c23)[C@@H](O)[C@H](O)[C@H]1NC(=O)[C@@H]1CCCN1C(=O)OC(C)(C)C. The van der Waals surface area contributed by atoms with E-state index in [-0.39, 0.29) is 0 Å². The first-order valence-corrected chi connectivity index (χ1v) is 11.3. The van der Waals surface area contributed by atoms with Crippen molar-refractivity contribution in [2.24, 2.45) is 0 Å². The monoisotopic (exact) mass is 477 g/mol. The Morgan fingerprint density at radius 2 is 2.00 bits per heavy atom. The number of aliphatic hydroxyl groups excluding tert-OH is 2. The maximum atomic E-state index is 13.0. The van der Waals surface area contributed by atoms with E-state index in [2.05, 4.69) is 30.6 Å². The third-order valence-electron chi connectivity index (χ3n) is 5.89. The normalized spacial score (nSPS) is 29.8. The highest BCUT2D eigenvalue weighted by atomic mass is 16.6. The van der Waals surface area contributed by atoms with Crippen LogP contribution in [0.1, 0.15) is 40.5 Å². The molecule has 0 aliphatic carbocycles. The van der Waals surface area contributed by atoms with Crippen molar-refractivity contribution in [1.82, 2.24) is 30.2 Å². The highest BCUT2D eigenvalue weighted by Gasteiger charge is 2.45. The van der Waals surface area contributed by atoms with Crippen LogP contribution >= 0.6 is 0 Å². The van der Waals surface area contributed by atoms with Gasteiger partial charge in [0.25, 0.3) is 0 Å². The summed E-state index contributed by atoms with van der Waals surface area (Å²) in [4.78, 5) is 42.1. The van der Waals surface area contributed by atoms with Crippen LogP contribution in [0.5, 0.6) is 0 Å². The lowest BCUT2D eigenvalue weighted by molar-refractivity contribution is -0.173. The molecule has 2 saturated heterocycles. The number of H-pyrrole nitrogens is 1. The van der Waals surface area contributed by atoms with Crippen LogP contribution in [0.25, 0.3) is 11.2 Å². The summed E-state index contributed by atoms with van der Waals surface area (Å²) in [6, 6.07) is -1.61. The zero-order valence-electron chi connectivity index (χ0n) is 19.6. The number of hydrogen-bond acceptors (Lipinski definition) is 10. The minimum atomic E-state index is -1.38. The number of fused-ring (bicyclic) bond motifs is 1. The van der Waals surface area contributed by atoms with E-state index in [1.807, 2.05) is 0 Å². The second-order valence-electron chi connectivity index (χ2n) is 9.58. The van der Waals surface area contributed by atoms with Gasteiger partial charge in [-0.25, -0.2) is 19.7 Å². The molecule has 0 aromatic carbocycles. The molecule has 2 aromatic rings. The van der Waals surface area contributed by atoms with Gasteiger partial charge in [0.1, 0.15) is 35.7 Å². The van der Waals surface area contributed by atoms with Crippen molar-refractivity contribution in [2.75, 3.05) is 11.9 Å². The van der Waals surface area contributed by atoms with Crippen LogP contribution in [0, 0.1) is 0 Å². The Balaban J connectivity index is 1.41. The first-order valence-electron chi connectivity index (χ1n) is 11.3. The van der Waals surface area contributed by atoms with E-state index < -0.39 is 54.2 Å².